The third-order valence-corrected chi connectivity index (χ3v) is 5.71. The molecule has 1 heterocycles. The molecule has 8 nitrogen and oxygen atoms in total. The van der Waals surface area contributed by atoms with Crippen LogP contribution in [0.25, 0.3) is 5.69 Å². The number of rotatable bonds is 8. The lowest BCUT2D eigenvalue weighted by Crippen LogP contribution is -2.41. The Morgan fingerprint density at radius 2 is 1.81 bits per heavy atom. The lowest BCUT2D eigenvalue weighted by Gasteiger charge is -2.19. The van der Waals surface area contributed by atoms with Gasteiger partial charge in [0, 0.05) is 24.7 Å². The molecule has 0 spiro atoms. The first kappa shape index (κ1) is 27.8. The highest BCUT2D eigenvalue weighted by atomic mass is 35.5. The summed E-state index contributed by atoms with van der Waals surface area (Å²) in [5.74, 6) is -2.62. The van der Waals surface area contributed by atoms with E-state index in [-0.39, 0.29) is 38.3 Å². The molecular formula is C24H20ClF4N2O6-. The van der Waals surface area contributed by atoms with Crippen LogP contribution in [0.15, 0.2) is 46.0 Å². The minimum Gasteiger partial charge on any atom is -0.546 e. The second kappa shape index (κ2) is 10.7. The number of nitrogens with zero attached hydrogens (tertiary/aromatic N) is 2. The van der Waals surface area contributed by atoms with Crippen LogP contribution in [0.5, 0.6) is 11.5 Å². The predicted molar refractivity (Wildman–Crippen MR) is 122 cm³/mol. The van der Waals surface area contributed by atoms with Crippen molar-refractivity contribution in [3.05, 3.63) is 84.9 Å². The molecule has 1 aromatic heterocycles. The van der Waals surface area contributed by atoms with Crippen molar-refractivity contribution in [2.24, 2.45) is 7.05 Å². The molecule has 0 amide bonds. The number of aromatic nitrogens is 2. The molecule has 0 fully saturated rings. The molecule has 0 aliphatic carbocycles. The molecule has 0 saturated carbocycles. The number of aliphatic carboxylic acids is 1. The summed E-state index contributed by atoms with van der Waals surface area (Å²) in [7, 11) is 0.793. The van der Waals surface area contributed by atoms with Gasteiger partial charge in [0.15, 0.2) is 0 Å². The molecule has 1 unspecified atom stereocenters. The lowest BCUT2D eigenvalue weighted by atomic mass is 10.1. The normalized spacial score (nSPS) is 12.3. The average molecular weight is 544 g/mol. The Balaban J connectivity index is 2.02. The molecule has 37 heavy (non-hydrogen) atoms. The van der Waals surface area contributed by atoms with Gasteiger partial charge in [-0.2, -0.15) is 13.2 Å². The molecule has 0 radical (unpaired) electrons. The summed E-state index contributed by atoms with van der Waals surface area (Å²) in [6.07, 6.45) is -5.64. The van der Waals surface area contributed by atoms with Gasteiger partial charge in [0.25, 0.3) is 5.56 Å². The zero-order valence-corrected chi connectivity index (χ0v) is 20.4. The molecule has 13 heteroatoms. The summed E-state index contributed by atoms with van der Waals surface area (Å²) >= 11 is 6.06. The van der Waals surface area contributed by atoms with Crippen LogP contribution in [0.1, 0.15) is 30.7 Å². The number of benzene rings is 2. The van der Waals surface area contributed by atoms with Crippen molar-refractivity contribution in [1.29, 1.82) is 0 Å². The highest BCUT2D eigenvalue weighted by Gasteiger charge is 2.35. The number of ether oxygens (including phenoxy) is 2. The van der Waals surface area contributed by atoms with Crippen LogP contribution in [0.2, 0.25) is 5.02 Å². The Hall–Kier alpha value is -3.80. The minimum atomic E-state index is -4.99. The highest BCUT2D eigenvalue weighted by molar-refractivity contribution is 6.32. The van der Waals surface area contributed by atoms with E-state index in [2.05, 4.69) is 0 Å². The summed E-state index contributed by atoms with van der Waals surface area (Å²) in [6, 6.07) is 6.79. The van der Waals surface area contributed by atoms with Crippen molar-refractivity contribution in [3.63, 3.8) is 0 Å². The number of carbonyl (C=O) groups excluding carboxylic acids is 1. The summed E-state index contributed by atoms with van der Waals surface area (Å²) in [6.45, 7) is 2.90. The minimum absolute atomic E-state index is 0.174. The fraction of sp³-hybridized carbons (Fsp3) is 0.292. The summed E-state index contributed by atoms with van der Waals surface area (Å²) in [4.78, 5) is 36.1. The summed E-state index contributed by atoms with van der Waals surface area (Å²) in [5, 5.41) is 10.9. The number of halogens is 5. The first-order valence-electron chi connectivity index (χ1n) is 10.8. The maximum absolute atomic E-state index is 14.7. The smallest absolute Gasteiger partial charge is 0.431 e. The molecule has 3 rings (SSSR count). The van der Waals surface area contributed by atoms with Crippen LogP contribution in [0.3, 0.4) is 0 Å². The number of carboxylic acids is 1. The molecule has 0 aliphatic rings. The van der Waals surface area contributed by atoms with E-state index in [1.807, 2.05) is 6.92 Å². The Kier molecular flexibility index (Phi) is 8.01. The van der Waals surface area contributed by atoms with Crippen molar-refractivity contribution < 1.29 is 36.9 Å². The number of hydrogen-bond acceptors (Lipinski definition) is 6. The van der Waals surface area contributed by atoms with Crippen LogP contribution in [-0.2, 0) is 31.0 Å². The molecule has 0 N–H and O–H groups in total. The topological polar surface area (TPSA) is 103 Å². The Labute approximate surface area is 212 Å². The first-order valence-corrected chi connectivity index (χ1v) is 11.1. The summed E-state index contributed by atoms with van der Waals surface area (Å²) < 4.78 is 65.6. The molecule has 1 atom stereocenters. The Morgan fingerprint density at radius 1 is 1.14 bits per heavy atom. The van der Waals surface area contributed by atoms with Crippen molar-refractivity contribution in [2.45, 2.75) is 39.2 Å². The van der Waals surface area contributed by atoms with Gasteiger partial charge in [-0.3, -0.25) is 9.36 Å². The van der Waals surface area contributed by atoms with Gasteiger partial charge in [0.2, 0.25) is 0 Å². The molecule has 0 saturated heterocycles. The van der Waals surface area contributed by atoms with E-state index in [1.54, 1.807) is 18.2 Å². The van der Waals surface area contributed by atoms with E-state index < -0.39 is 46.7 Å². The quantitative estimate of drug-likeness (QED) is 0.405. The zero-order chi connectivity index (χ0) is 27.7. The third-order valence-electron chi connectivity index (χ3n) is 5.41. The molecule has 0 aliphatic heterocycles. The maximum Gasteiger partial charge on any atom is 0.431 e. The first-order chi connectivity index (χ1) is 17.2. The number of carboxylic acid groups (broad SMARTS) is 1. The van der Waals surface area contributed by atoms with E-state index in [0.717, 1.165) is 24.7 Å². The predicted octanol–water partition coefficient (Wildman–Crippen LogP) is 3.01. The third kappa shape index (κ3) is 5.96. The number of aryl methyl sites for hydroxylation is 1. The molecule has 2 aromatic carbocycles. The van der Waals surface area contributed by atoms with Gasteiger partial charge in [0.05, 0.1) is 16.7 Å². The molecule has 0 bridgehead atoms. The fourth-order valence-corrected chi connectivity index (χ4v) is 3.57. The number of hydrogen-bond donors (Lipinski definition) is 0. The second-order valence-corrected chi connectivity index (χ2v) is 8.35. The van der Waals surface area contributed by atoms with Gasteiger partial charge in [-0.15, -0.1) is 0 Å². The van der Waals surface area contributed by atoms with Crippen LogP contribution in [-0.4, -0.2) is 21.2 Å². The van der Waals surface area contributed by atoms with Crippen molar-refractivity contribution in [3.8, 4) is 17.2 Å². The zero-order valence-electron chi connectivity index (χ0n) is 19.7. The van der Waals surface area contributed by atoms with Crippen LogP contribution in [0, 0.1) is 5.82 Å². The van der Waals surface area contributed by atoms with Gasteiger partial charge in [-0.05, 0) is 31.0 Å². The monoisotopic (exact) mass is 543 g/mol. The summed E-state index contributed by atoms with van der Waals surface area (Å²) in [5.41, 5.74) is -3.81. The van der Waals surface area contributed by atoms with Gasteiger partial charge < -0.3 is 19.4 Å². The second-order valence-electron chi connectivity index (χ2n) is 7.94. The van der Waals surface area contributed by atoms with Crippen molar-refractivity contribution >= 4 is 17.6 Å². The lowest BCUT2D eigenvalue weighted by molar-refractivity contribution is -0.312. The van der Waals surface area contributed by atoms with Gasteiger partial charge in [-0.1, -0.05) is 30.7 Å². The average Bonchev–Trinajstić information content (AvgIpc) is 2.81. The standard InChI is InChI=1S/C24H21ClF4N2O6/c1-4-13-5-6-14(18(7-13)37-12(2)22(33)34)11-36-19-9-17(16(26)8-15(19)25)31-21(32)10-20(24(27,28)29)30(3)23(31)35/h5-10,12H,4,11H2,1-3H3,(H,33,34)/p-1. The van der Waals surface area contributed by atoms with E-state index >= 15 is 0 Å². The van der Waals surface area contributed by atoms with E-state index in [4.69, 9.17) is 21.1 Å². The van der Waals surface area contributed by atoms with E-state index in [1.165, 1.54) is 6.92 Å². The molecule has 198 valence electrons. The Morgan fingerprint density at radius 3 is 2.41 bits per heavy atom. The molecule has 3 aromatic rings. The van der Waals surface area contributed by atoms with Crippen LogP contribution in [0.4, 0.5) is 17.6 Å². The van der Waals surface area contributed by atoms with Gasteiger partial charge >= 0.3 is 11.9 Å². The van der Waals surface area contributed by atoms with Gasteiger partial charge in [-0.25, -0.2) is 13.8 Å². The number of alkyl halides is 3. The van der Waals surface area contributed by atoms with Gasteiger partial charge in [0.1, 0.15) is 35.7 Å². The fourth-order valence-electron chi connectivity index (χ4n) is 3.36. The van der Waals surface area contributed by atoms with E-state index in [9.17, 15) is 37.1 Å². The van der Waals surface area contributed by atoms with Crippen molar-refractivity contribution in [2.75, 3.05) is 0 Å². The largest absolute Gasteiger partial charge is 0.546 e. The van der Waals surface area contributed by atoms with Crippen LogP contribution < -0.4 is 25.8 Å². The number of carbonyl (C=O) groups is 1. The molecular weight excluding hydrogens is 524 g/mol. The maximum atomic E-state index is 14.7. The van der Waals surface area contributed by atoms with E-state index in [0.29, 0.717) is 12.0 Å². The van der Waals surface area contributed by atoms with Crippen LogP contribution >= 0.6 is 11.6 Å². The van der Waals surface area contributed by atoms with Crippen molar-refractivity contribution in [1.82, 2.24) is 9.13 Å². The highest BCUT2D eigenvalue weighted by Crippen LogP contribution is 2.32. The Bertz CT molecular complexity index is 1470. The SMILES string of the molecule is CCc1ccc(COc2cc(-n3c(=O)cc(C(F)(F)F)n(C)c3=O)c(F)cc2Cl)c(OC(C)C(=O)[O-])c1.